The molecular formula is C17H22N4O2. The summed E-state index contributed by atoms with van der Waals surface area (Å²) in [7, 11) is 1.64. The van der Waals surface area contributed by atoms with Gasteiger partial charge in [-0.3, -0.25) is 4.79 Å². The summed E-state index contributed by atoms with van der Waals surface area (Å²) in [6, 6.07) is 8.01. The van der Waals surface area contributed by atoms with Gasteiger partial charge >= 0.3 is 0 Å². The van der Waals surface area contributed by atoms with E-state index < -0.39 is 0 Å². The van der Waals surface area contributed by atoms with Gasteiger partial charge in [-0.15, -0.1) is 0 Å². The highest BCUT2D eigenvalue weighted by molar-refractivity contribution is 5.93. The number of methoxy groups -OCH3 is 1. The number of hydrogen-bond donors (Lipinski definition) is 2. The molecule has 0 atom stereocenters. The highest BCUT2D eigenvalue weighted by Gasteiger charge is 2.07. The number of aryl methyl sites for hydroxylation is 1. The van der Waals surface area contributed by atoms with E-state index in [-0.39, 0.29) is 5.91 Å². The lowest BCUT2D eigenvalue weighted by atomic mass is 10.1. The number of para-hydroxylation sites is 1. The minimum absolute atomic E-state index is 0.179. The molecule has 122 valence electrons. The fourth-order valence-corrected chi connectivity index (χ4v) is 2.10. The largest absolute Gasteiger partial charge is 0.385 e. The predicted molar refractivity (Wildman–Crippen MR) is 90.0 cm³/mol. The van der Waals surface area contributed by atoms with Crippen molar-refractivity contribution in [3.05, 3.63) is 47.8 Å². The average molecular weight is 314 g/mol. The SMILES string of the molecule is CCc1ccccc1Nc1ncc(C(=O)NCCCOC)cn1. The topological polar surface area (TPSA) is 76.1 Å². The number of anilines is 2. The number of amides is 1. The molecule has 0 unspecified atom stereocenters. The minimum atomic E-state index is -0.179. The van der Waals surface area contributed by atoms with Crippen molar-refractivity contribution in [2.45, 2.75) is 19.8 Å². The first kappa shape index (κ1) is 16.9. The summed E-state index contributed by atoms with van der Waals surface area (Å²) in [6.45, 7) is 3.28. The van der Waals surface area contributed by atoms with Crippen LogP contribution < -0.4 is 10.6 Å². The van der Waals surface area contributed by atoms with Crippen LogP contribution in [0.5, 0.6) is 0 Å². The zero-order valence-electron chi connectivity index (χ0n) is 13.5. The number of nitrogens with zero attached hydrogens (tertiary/aromatic N) is 2. The van der Waals surface area contributed by atoms with Crippen LogP contribution in [0.1, 0.15) is 29.3 Å². The van der Waals surface area contributed by atoms with Crippen molar-refractivity contribution in [1.82, 2.24) is 15.3 Å². The summed E-state index contributed by atoms with van der Waals surface area (Å²) in [5.41, 5.74) is 2.61. The predicted octanol–water partition coefficient (Wildman–Crippen LogP) is 2.55. The summed E-state index contributed by atoms with van der Waals surface area (Å²) in [4.78, 5) is 20.3. The van der Waals surface area contributed by atoms with E-state index in [4.69, 9.17) is 4.74 Å². The summed E-state index contributed by atoms with van der Waals surface area (Å²) < 4.78 is 4.94. The maximum atomic E-state index is 11.9. The Balaban J connectivity index is 1.95. The first-order chi connectivity index (χ1) is 11.2. The van der Waals surface area contributed by atoms with E-state index in [0.29, 0.717) is 24.7 Å². The molecule has 0 aliphatic carbocycles. The molecule has 1 heterocycles. The molecule has 6 heteroatoms. The van der Waals surface area contributed by atoms with Crippen molar-refractivity contribution < 1.29 is 9.53 Å². The van der Waals surface area contributed by atoms with Crippen molar-refractivity contribution in [3.63, 3.8) is 0 Å². The molecule has 0 fully saturated rings. The van der Waals surface area contributed by atoms with E-state index >= 15 is 0 Å². The molecule has 1 aromatic heterocycles. The van der Waals surface area contributed by atoms with Crippen molar-refractivity contribution in [1.29, 1.82) is 0 Å². The van der Waals surface area contributed by atoms with Crippen LogP contribution in [0, 0.1) is 0 Å². The third kappa shape index (κ3) is 5.03. The van der Waals surface area contributed by atoms with Gasteiger partial charge in [-0.25, -0.2) is 9.97 Å². The molecule has 6 nitrogen and oxygen atoms in total. The van der Waals surface area contributed by atoms with Crippen molar-refractivity contribution in [3.8, 4) is 0 Å². The van der Waals surface area contributed by atoms with E-state index in [1.165, 1.54) is 18.0 Å². The number of rotatable bonds is 8. The lowest BCUT2D eigenvalue weighted by Gasteiger charge is -2.09. The summed E-state index contributed by atoms with van der Waals surface area (Å²) >= 11 is 0. The monoisotopic (exact) mass is 314 g/mol. The third-order valence-electron chi connectivity index (χ3n) is 3.37. The van der Waals surface area contributed by atoms with Gasteiger partial charge in [-0.1, -0.05) is 25.1 Å². The maximum Gasteiger partial charge on any atom is 0.254 e. The van der Waals surface area contributed by atoms with Gasteiger partial charge in [0.15, 0.2) is 0 Å². The lowest BCUT2D eigenvalue weighted by molar-refractivity contribution is 0.0948. The first-order valence-electron chi connectivity index (χ1n) is 7.68. The van der Waals surface area contributed by atoms with Crippen LogP contribution in [0.2, 0.25) is 0 Å². The van der Waals surface area contributed by atoms with Crippen LogP contribution in [0.25, 0.3) is 0 Å². The zero-order valence-corrected chi connectivity index (χ0v) is 13.5. The van der Waals surface area contributed by atoms with Crippen LogP contribution >= 0.6 is 0 Å². The van der Waals surface area contributed by atoms with E-state index in [1.807, 2.05) is 18.2 Å². The van der Waals surface area contributed by atoms with Gasteiger partial charge in [0.1, 0.15) is 0 Å². The second-order valence-electron chi connectivity index (χ2n) is 5.03. The molecule has 0 saturated carbocycles. The standard InChI is InChI=1S/C17H22N4O2/c1-3-13-7-4-5-8-15(13)21-17-19-11-14(12-20-17)16(22)18-9-6-10-23-2/h4-5,7-8,11-12H,3,6,9-10H2,1-2H3,(H,18,22)(H,19,20,21). The Morgan fingerprint density at radius 2 is 1.96 bits per heavy atom. The summed E-state index contributed by atoms with van der Waals surface area (Å²) in [5, 5.41) is 5.98. The number of ether oxygens (including phenoxy) is 1. The Hall–Kier alpha value is -2.47. The Kier molecular flexibility index (Phi) is 6.50. The van der Waals surface area contributed by atoms with Crippen molar-refractivity contribution in [2.24, 2.45) is 0 Å². The molecule has 0 bridgehead atoms. The number of benzene rings is 1. The number of aromatic nitrogens is 2. The lowest BCUT2D eigenvalue weighted by Crippen LogP contribution is -2.25. The summed E-state index contributed by atoms with van der Waals surface area (Å²) in [6.07, 6.45) is 4.74. The fourth-order valence-electron chi connectivity index (χ4n) is 2.10. The molecule has 0 radical (unpaired) electrons. The minimum Gasteiger partial charge on any atom is -0.385 e. The van der Waals surface area contributed by atoms with Gasteiger partial charge in [-0.05, 0) is 24.5 Å². The Labute approximate surface area is 136 Å². The second kappa shape index (κ2) is 8.85. The molecule has 0 spiro atoms. The Morgan fingerprint density at radius 3 is 2.65 bits per heavy atom. The van der Waals surface area contributed by atoms with Crippen LogP contribution in [0.4, 0.5) is 11.6 Å². The summed E-state index contributed by atoms with van der Waals surface area (Å²) in [5.74, 6) is 0.295. The Bertz CT molecular complexity index is 629. The number of carbonyl (C=O) groups excluding carboxylic acids is 1. The van der Waals surface area contributed by atoms with E-state index in [1.54, 1.807) is 7.11 Å². The van der Waals surface area contributed by atoms with Crippen LogP contribution in [-0.2, 0) is 11.2 Å². The molecule has 23 heavy (non-hydrogen) atoms. The highest BCUT2D eigenvalue weighted by Crippen LogP contribution is 2.18. The normalized spacial score (nSPS) is 10.3. The molecule has 2 rings (SSSR count). The van der Waals surface area contributed by atoms with Gasteiger partial charge in [0, 0.05) is 38.3 Å². The number of carbonyl (C=O) groups is 1. The van der Waals surface area contributed by atoms with Crippen molar-refractivity contribution >= 4 is 17.5 Å². The van der Waals surface area contributed by atoms with Crippen LogP contribution in [0.15, 0.2) is 36.7 Å². The molecule has 0 aliphatic rings. The molecule has 0 saturated heterocycles. The van der Waals surface area contributed by atoms with E-state index in [0.717, 1.165) is 18.5 Å². The van der Waals surface area contributed by atoms with Gasteiger partial charge in [0.25, 0.3) is 5.91 Å². The maximum absolute atomic E-state index is 11.9. The molecule has 2 N–H and O–H groups in total. The number of hydrogen-bond acceptors (Lipinski definition) is 5. The van der Waals surface area contributed by atoms with Gasteiger partial charge in [-0.2, -0.15) is 0 Å². The quantitative estimate of drug-likeness (QED) is 0.732. The second-order valence-corrected chi connectivity index (χ2v) is 5.03. The van der Waals surface area contributed by atoms with Gasteiger partial charge < -0.3 is 15.4 Å². The first-order valence-corrected chi connectivity index (χ1v) is 7.68. The highest BCUT2D eigenvalue weighted by atomic mass is 16.5. The molecule has 0 aliphatic heterocycles. The van der Waals surface area contributed by atoms with E-state index in [2.05, 4.69) is 33.6 Å². The van der Waals surface area contributed by atoms with Crippen LogP contribution in [-0.4, -0.2) is 36.1 Å². The smallest absolute Gasteiger partial charge is 0.254 e. The molecule has 1 amide bonds. The molecule has 1 aromatic carbocycles. The molecule has 2 aromatic rings. The third-order valence-corrected chi connectivity index (χ3v) is 3.37. The Morgan fingerprint density at radius 1 is 1.22 bits per heavy atom. The molecular weight excluding hydrogens is 292 g/mol. The average Bonchev–Trinajstić information content (AvgIpc) is 2.59. The van der Waals surface area contributed by atoms with Gasteiger partial charge in [0.05, 0.1) is 5.56 Å². The fraction of sp³-hybridized carbons (Fsp3) is 0.353. The number of nitrogens with one attached hydrogen (secondary N) is 2. The van der Waals surface area contributed by atoms with Crippen molar-refractivity contribution in [2.75, 3.05) is 25.6 Å². The zero-order chi connectivity index (χ0) is 16.5. The van der Waals surface area contributed by atoms with Gasteiger partial charge in [0.2, 0.25) is 5.95 Å². The van der Waals surface area contributed by atoms with E-state index in [9.17, 15) is 4.79 Å². The van der Waals surface area contributed by atoms with Crippen LogP contribution in [0.3, 0.4) is 0 Å².